The third kappa shape index (κ3) is 4.89. The summed E-state index contributed by atoms with van der Waals surface area (Å²) in [5.41, 5.74) is 3.08. The summed E-state index contributed by atoms with van der Waals surface area (Å²) in [4.78, 5) is 14.8. The maximum absolute atomic E-state index is 13.4. The Morgan fingerprint density at radius 3 is 2.20 bits per heavy atom. The van der Waals surface area contributed by atoms with E-state index in [1.165, 1.54) is 0 Å². The summed E-state index contributed by atoms with van der Waals surface area (Å²) in [5.74, 6) is -0.295. The highest BCUT2D eigenvalue weighted by Crippen LogP contribution is 2.29. The largest absolute Gasteiger partial charge is 0.378 e. The zero-order chi connectivity index (χ0) is 21.7. The van der Waals surface area contributed by atoms with Gasteiger partial charge in [0.1, 0.15) is 5.25 Å². The fourth-order valence-electron chi connectivity index (χ4n) is 3.24. The molecule has 0 spiro atoms. The number of carbonyl (C=O) groups is 1. The van der Waals surface area contributed by atoms with Crippen LogP contribution in [-0.4, -0.2) is 35.0 Å². The van der Waals surface area contributed by atoms with Gasteiger partial charge in [-0.3, -0.25) is 4.79 Å². The minimum absolute atomic E-state index is 0.0225. The van der Waals surface area contributed by atoms with Gasteiger partial charge in [0.15, 0.2) is 9.84 Å². The van der Waals surface area contributed by atoms with Crippen LogP contribution < -0.4 is 10.2 Å². The second-order valence-corrected chi connectivity index (χ2v) is 9.54. The molecule has 0 fully saturated rings. The Balaban J connectivity index is 1.92. The van der Waals surface area contributed by atoms with E-state index in [4.69, 9.17) is 0 Å². The number of nitrogens with one attached hydrogen (secondary N) is 1. The minimum Gasteiger partial charge on any atom is -0.378 e. The van der Waals surface area contributed by atoms with Gasteiger partial charge >= 0.3 is 0 Å². The number of sulfone groups is 1. The molecule has 0 aromatic heterocycles. The molecule has 3 rings (SSSR count). The number of amides is 1. The van der Waals surface area contributed by atoms with Gasteiger partial charge in [0.05, 0.1) is 4.90 Å². The molecule has 0 heterocycles. The Kier molecular flexibility index (Phi) is 6.57. The lowest BCUT2D eigenvalue weighted by Gasteiger charge is -2.20. The average Bonchev–Trinajstić information content (AvgIpc) is 2.74. The monoisotopic (exact) mass is 422 g/mol. The molecular weight excluding hydrogens is 396 g/mol. The number of rotatable bonds is 7. The minimum atomic E-state index is -3.70. The molecule has 5 nitrogen and oxygen atoms in total. The van der Waals surface area contributed by atoms with Crippen LogP contribution in [0, 0.1) is 6.92 Å². The number of anilines is 1. The molecule has 0 unspecified atom stereocenters. The summed E-state index contributed by atoms with van der Waals surface area (Å²) in [6, 6.07) is 22.9. The second-order valence-electron chi connectivity index (χ2n) is 7.41. The molecule has 0 aliphatic carbocycles. The zero-order valence-electron chi connectivity index (χ0n) is 17.4. The van der Waals surface area contributed by atoms with E-state index >= 15 is 0 Å². The summed E-state index contributed by atoms with van der Waals surface area (Å²) >= 11 is 0. The van der Waals surface area contributed by atoms with E-state index < -0.39 is 15.1 Å². The first-order chi connectivity index (χ1) is 14.3. The highest BCUT2D eigenvalue weighted by molar-refractivity contribution is 7.91. The van der Waals surface area contributed by atoms with Crippen LogP contribution in [-0.2, 0) is 9.84 Å². The van der Waals surface area contributed by atoms with Gasteiger partial charge in [-0.2, -0.15) is 0 Å². The van der Waals surface area contributed by atoms with Crippen molar-refractivity contribution in [3.05, 3.63) is 95.6 Å². The van der Waals surface area contributed by atoms with E-state index in [0.29, 0.717) is 11.1 Å². The Bertz CT molecular complexity index is 1110. The van der Waals surface area contributed by atoms with Crippen LogP contribution >= 0.6 is 0 Å². The van der Waals surface area contributed by atoms with Gasteiger partial charge in [-0.15, -0.1) is 0 Å². The van der Waals surface area contributed by atoms with E-state index in [0.717, 1.165) is 11.3 Å². The van der Waals surface area contributed by atoms with Crippen LogP contribution in [0.5, 0.6) is 0 Å². The molecule has 0 aliphatic rings. The summed E-state index contributed by atoms with van der Waals surface area (Å²) < 4.78 is 26.8. The summed E-state index contributed by atoms with van der Waals surface area (Å²) in [7, 11) is 0.150. The highest BCUT2D eigenvalue weighted by Gasteiger charge is 2.29. The van der Waals surface area contributed by atoms with Crippen molar-refractivity contribution in [3.63, 3.8) is 0 Å². The number of carbonyl (C=O) groups excluding carboxylic acids is 1. The van der Waals surface area contributed by atoms with Gasteiger partial charge in [-0.1, -0.05) is 48.0 Å². The van der Waals surface area contributed by atoms with Crippen molar-refractivity contribution in [1.82, 2.24) is 5.32 Å². The van der Waals surface area contributed by atoms with Crippen molar-refractivity contribution in [2.24, 2.45) is 0 Å². The lowest BCUT2D eigenvalue weighted by molar-refractivity contribution is 0.0953. The summed E-state index contributed by atoms with van der Waals surface area (Å²) in [6.07, 6.45) is 0. The van der Waals surface area contributed by atoms with E-state index in [1.807, 2.05) is 50.2 Å². The molecule has 3 aromatic rings. The van der Waals surface area contributed by atoms with Crippen molar-refractivity contribution in [2.45, 2.75) is 17.1 Å². The number of benzene rings is 3. The Hall–Kier alpha value is -3.12. The molecule has 30 heavy (non-hydrogen) atoms. The van der Waals surface area contributed by atoms with Crippen molar-refractivity contribution in [1.29, 1.82) is 0 Å². The van der Waals surface area contributed by atoms with E-state index in [1.54, 1.807) is 54.6 Å². The third-order valence-electron chi connectivity index (χ3n) is 4.96. The zero-order valence-corrected chi connectivity index (χ0v) is 18.2. The lowest BCUT2D eigenvalue weighted by atomic mass is 10.1. The normalized spacial score (nSPS) is 12.2. The van der Waals surface area contributed by atoms with E-state index in [9.17, 15) is 13.2 Å². The van der Waals surface area contributed by atoms with Crippen LogP contribution in [0.1, 0.15) is 26.7 Å². The van der Waals surface area contributed by atoms with E-state index in [-0.39, 0.29) is 17.3 Å². The van der Waals surface area contributed by atoms with Crippen molar-refractivity contribution in [2.75, 3.05) is 25.5 Å². The third-order valence-corrected chi connectivity index (χ3v) is 7.07. The standard InChI is InChI=1S/C24H26N2O3S/c1-18-8-7-9-20(16-18)24(27)25-17-23(19-12-14-21(15-13-19)26(2)3)30(28,29)22-10-5-4-6-11-22/h4-16,23H,17H2,1-3H3,(H,25,27)/t23-/m0/s1. The maximum atomic E-state index is 13.4. The first-order valence-electron chi connectivity index (χ1n) is 9.70. The number of hydrogen-bond acceptors (Lipinski definition) is 4. The van der Waals surface area contributed by atoms with Gasteiger partial charge in [-0.25, -0.2) is 8.42 Å². The van der Waals surface area contributed by atoms with Crippen LogP contribution in [0.2, 0.25) is 0 Å². The van der Waals surface area contributed by atoms with Gasteiger partial charge < -0.3 is 10.2 Å². The first-order valence-corrected chi connectivity index (χ1v) is 11.2. The highest BCUT2D eigenvalue weighted by atomic mass is 32.2. The van der Waals surface area contributed by atoms with Gasteiger partial charge in [0, 0.05) is 31.9 Å². The van der Waals surface area contributed by atoms with Gasteiger partial charge in [0.25, 0.3) is 5.91 Å². The Morgan fingerprint density at radius 1 is 0.933 bits per heavy atom. The quantitative estimate of drug-likeness (QED) is 0.625. The van der Waals surface area contributed by atoms with Crippen LogP contribution in [0.4, 0.5) is 5.69 Å². The second kappa shape index (κ2) is 9.13. The van der Waals surface area contributed by atoms with Crippen LogP contribution in [0.25, 0.3) is 0 Å². The molecule has 0 saturated carbocycles. The predicted molar refractivity (Wildman–Crippen MR) is 121 cm³/mol. The molecule has 3 aromatic carbocycles. The predicted octanol–water partition coefficient (Wildman–Crippen LogP) is 4.01. The molecule has 1 atom stereocenters. The topological polar surface area (TPSA) is 66.5 Å². The number of hydrogen-bond donors (Lipinski definition) is 1. The molecule has 1 N–H and O–H groups in total. The molecule has 0 saturated heterocycles. The molecule has 1 amide bonds. The number of aryl methyl sites for hydroxylation is 1. The van der Waals surface area contributed by atoms with Crippen LogP contribution in [0.3, 0.4) is 0 Å². The fraction of sp³-hybridized carbons (Fsp3) is 0.208. The smallest absolute Gasteiger partial charge is 0.251 e. The number of nitrogens with zero attached hydrogens (tertiary/aromatic N) is 1. The molecule has 6 heteroatoms. The lowest BCUT2D eigenvalue weighted by Crippen LogP contribution is -2.32. The van der Waals surface area contributed by atoms with Crippen molar-refractivity contribution in [3.8, 4) is 0 Å². The molecule has 156 valence electrons. The fourth-order valence-corrected chi connectivity index (χ4v) is 4.93. The molecule has 0 aliphatic heterocycles. The summed E-state index contributed by atoms with van der Waals surface area (Å²) in [6.45, 7) is 1.89. The maximum Gasteiger partial charge on any atom is 0.251 e. The van der Waals surface area contributed by atoms with Gasteiger partial charge in [-0.05, 0) is 48.9 Å². The van der Waals surface area contributed by atoms with Crippen LogP contribution in [0.15, 0.2) is 83.8 Å². The summed E-state index contributed by atoms with van der Waals surface area (Å²) in [5, 5.41) is 1.91. The first kappa shape index (κ1) is 21.6. The molecule has 0 bridgehead atoms. The van der Waals surface area contributed by atoms with Gasteiger partial charge in [0.2, 0.25) is 0 Å². The Morgan fingerprint density at radius 2 is 1.60 bits per heavy atom. The van der Waals surface area contributed by atoms with E-state index in [2.05, 4.69) is 5.32 Å². The molecule has 0 radical (unpaired) electrons. The SMILES string of the molecule is Cc1cccc(C(=O)NC[C@@H](c2ccc(N(C)C)cc2)S(=O)(=O)c2ccccc2)c1. The van der Waals surface area contributed by atoms with Crippen molar-refractivity contribution >= 4 is 21.4 Å². The van der Waals surface area contributed by atoms with Crippen molar-refractivity contribution < 1.29 is 13.2 Å². The molecular formula is C24H26N2O3S. The Labute approximate surface area is 178 Å². The average molecular weight is 423 g/mol.